The van der Waals surface area contributed by atoms with Gasteiger partial charge in [-0.2, -0.15) is 0 Å². The zero-order valence-electron chi connectivity index (χ0n) is 15.2. The van der Waals surface area contributed by atoms with Crippen LogP contribution in [0.25, 0.3) is 0 Å². The molecule has 7 nitrogen and oxygen atoms in total. The molecule has 0 unspecified atom stereocenters. The van der Waals surface area contributed by atoms with Gasteiger partial charge in [-0.1, -0.05) is 6.92 Å². The number of carbonyl (C=O) groups excluding carboxylic acids is 2. The quantitative estimate of drug-likeness (QED) is 0.834. The van der Waals surface area contributed by atoms with Gasteiger partial charge in [-0.3, -0.25) is 9.59 Å². The second kappa shape index (κ2) is 7.36. The minimum atomic E-state index is -3.85. The van der Waals surface area contributed by atoms with E-state index in [4.69, 9.17) is 0 Å². The molecule has 2 heterocycles. The Balaban J connectivity index is 1.76. The molecule has 0 aromatic heterocycles. The first-order valence-corrected chi connectivity index (χ1v) is 10.5. The Labute approximate surface area is 154 Å². The summed E-state index contributed by atoms with van der Waals surface area (Å²) in [6.07, 6.45) is 1.87. The number of nitrogens with zero attached hydrogens (tertiary/aromatic N) is 2. The highest BCUT2D eigenvalue weighted by molar-refractivity contribution is 7.90. The van der Waals surface area contributed by atoms with Crippen LogP contribution in [0.5, 0.6) is 0 Å². The molecule has 0 aliphatic carbocycles. The van der Waals surface area contributed by atoms with Crippen LogP contribution >= 0.6 is 0 Å². The van der Waals surface area contributed by atoms with Crippen molar-refractivity contribution in [2.24, 2.45) is 5.92 Å². The van der Waals surface area contributed by atoms with Gasteiger partial charge in [0.1, 0.15) is 4.90 Å². The number of hydrogen-bond acceptors (Lipinski definition) is 5. The molecule has 0 saturated carbocycles. The van der Waals surface area contributed by atoms with E-state index in [0.29, 0.717) is 24.6 Å². The molecule has 142 valence electrons. The number of fused-ring (bicyclic) bond motifs is 1. The highest BCUT2D eigenvalue weighted by Gasteiger charge is 2.40. The molecule has 2 aliphatic heterocycles. The summed E-state index contributed by atoms with van der Waals surface area (Å²) in [5.74, 6) is -0.131. The molecule has 8 heteroatoms. The van der Waals surface area contributed by atoms with Gasteiger partial charge in [0.2, 0.25) is 0 Å². The first-order chi connectivity index (χ1) is 12.4. The smallest absolute Gasteiger partial charge is 0.268 e. The Morgan fingerprint density at radius 3 is 2.54 bits per heavy atom. The molecule has 1 saturated heterocycles. The minimum Gasteiger partial charge on any atom is -0.339 e. The Hall–Kier alpha value is -1.93. The molecule has 26 heavy (non-hydrogen) atoms. The molecule has 1 aromatic carbocycles. The number of hydrogen-bond donors (Lipinski definition) is 1. The van der Waals surface area contributed by atoms with E-state index in [9.17, 15) is 18.0 Å². The van der Waals surface area contributed by atoms with Crippen molar-refractivity contribution in [2.75, 3.05) is 32.7 Å². The van der Waals surface area contributed by atoms with Crippen LogP contribution in [0.3, 0.4) is 0 Å². The molecule has 1 N–H and O–H groups in total. The number of sulfonamides is 1. The van der Waals surface area contributed by atoms with Gasteiger partial charge in [0, 0.05) is 25.2 Å². The van der Waals surface area contributed by atoms with Crippen LogP contribution < -0.4 is 5.32 Å². The summed E-state index contributed by atoms with van der Waals surface area (Å²) in [4.78, 5) is 26.7. The lowest BCUT2D eigenvalue weighted by Gasteiger charge is -2.32. The predicted molar refractivity (Wildman–Crippen MR) is 97.5 cm³/mol. The maximum Gasteiger partial charge on any atom is 0.268 e. The summed E-state index contributed by atoms with van der Waals surface area (Å²) in [6.45, 7) is 7.01. The molecule has 0 radical (unpaired) electrons. The Bertz CT molecular complexity index is 814. The predicted octanol–water partition coefficient (Wildman–Crippen LogP) is 1.31. The summed E-state index contributed by atoms with van der Waals surface area (Å²) >= 11 is 0. The molecule has 2 aliphatic rings. The van der Waals surface area contributed by atoms with Gasteiger partial charge >= 0.3 is 0 Å². The molecule has 0 bridgehead atoms. The third kappa shape index (κ3) is 3.23. The molecule has 2 amide bonds. The van der Waals surface area contributed by atoms with Crippen LogP contribution in [0.1, 0.15) is 47.4 Å². The summed E-state index contributed by atoms with van der Waals surface area (Å²) in [5, 5.41) is 3.34. The number of rotatable bonds is 5. The normalized spacial score (nSPS) is 19.7. The fourth-order valence-electron chi connectivity index (χ4n) is 3.59. The molecule has 0 atom stereocenters. The third-order valence-electron chi connectivity index (χ3n) is 5.13. The van der Waals surface area contributed by atoms with Crippen molar-refractivity contribution < 1.29 is 18.0 Å². The average Bonchev–Trinajstić information content (AvgIpc) is 2.84. The van der Waals surface area contributed by atoms with E-state index in [1.807, 2.05) is 0 Å². The fraction of sp³-hybridized carbons (Fsp3) is 0.556. The second-order valence-corrected chi connectivity index (χ2v) is 8.56. The number of nitrogens with one attached hydrogen (secondary N) is 1. The number of piperidine rings is 1. The van der Waals surface area contributed by atoms with E-state index in [-0.39, 0.29) is 22.9 Å². The van der Waals surface area contributed by atoms with Crippen molar-refractivity contribution in [3.63, 3.8) is 0 Å². The largest absolute Gasteiger partial charge is 0.339 e. The number of amides is 2. The van der Waals surface area contributed by atoms with Crippen molar-refractivity contribution in [3.8, 4) is 0 Å². The van der Waals surface area contributed by atoms with Crippen LogP contribution in [0.4, 0.5) is 0 Å². The van der Waals surface area contributed by atoms with Crippen molar-refractivity contribution in [1.29, 1.82) is 0 Å². The minimum absolute atomic E-state index is 0.0581. The van der Waals surface area contributed by atoms with Crippen LogP contribution in [0, 0.1) is 5.92 Å². The van der Waals surface area contributed by atoms with E-state index in [0.717, 1.165) is 30.2 Å². The lowest BCUT2D eigenvalue weighted by molar-refractivity contribution is 0.0689. The third-order valence-corrected chi connectivity index (χ3v) is 7.02. The molecule has 3 rings (SSSR count). The molecule has 0 spiro atoms. The topological polar surface area (TPSA) is 86.8 Å². The first kappa shape index (κ1) is 18.8. The lowest BCUT2D eigenvalue weighted by atomic mass is 9.96. The van der Waals surface area contributed by atoms with E-state index in [2.05, 4.69) is 12.2 Å². The van der Waals surface area contributed by atoms with Crippen LogP contribution in [0.15, 0.2) is 23.1 Å². The standard InChI is InChI=1S/C18H25N3O4S/c1-3-19-12-13-7-9-20(10-8-13)17(22)14-5-6-15-16(11-14)26(24,25)21(4-2)18(15)23/h5-6,11,13,19H,3-4,7-10,12H2,1-2H3. The summed E-state index contributed by atoms with van der Waals surface area (Å²) in [7, 11) is -3.85. The van der Waals surface area contributed by atoms with Crippen molar-refractivity contribution in [3.05, 3.63) is 29.3 Å². The molecular formula is C18H25N3O4S. The lowest BCUT2D eigenvalue weighted by Crippen LogP contribution is -2.40. The summed E-state index contributed by atoms with van der Waals surface area (Å²) < 4.78 is 25.8. The van der Waals surface area contributed by atoms with Gasteiger partial charge in [0.25, 0.3) is 21.8 Å². The van der Waals surface area contributed by atoms with Gasteiger partial charge in [0.05, 0.1) is 5.56 Å². The zero-order chi connectivity index (χ0) is 18.9. The van der Waals surface area contributed by atoms with Crippen LogP contribution in [-0.4, -0.2) is 62.2 Å². The van der Waals surface area contributed by atoms with Gasteiger partial charge in [-0.05, 0) is 57.0 Å². The van der Waals surface area contributed by atoms with Crippen LogP contribution in [0.2, 0.25) is 0 Å². The molecule has 1 fully saturated rings. The van der Waals surface area contributed by atoms with E-state index >= 15 is 0 Å². The number of carbonyl (C=O) groups is 2. The van der Waals surface area contributed by atoms with Crippen molar-refractivity contribution in [2.45, 2.75) is 31.6 Å². The Kier molecular flexibility index (Phi) is 5.34. The van der Waals surface area contributed by atoms with Crippen molar-refractivity contribution >= 4 is 21.8 Å². The SMILES string of the molecule is CCNCC1CCN(C(=O)c2ccc3c(c2)S(=O)(=O)N(CC)C3=O)CC1. The van der Waals surface area contributed by atoms with Gasteiger partial charge in [-0.15, -0.1) is 0 Å². The van der Waals surface area contributed by atoms with Gasteiger partial charge in [0.15, 0.2) is 0 Å². The summed E-state index contributed by atoms with van der Waals surface area (Å²) in [6, 6.07) is 4.36. The van der Waals surface area contributed by atoms with E-state index < -0.39 is 15.9 Å². The fourth-order valence-corrected chi connectivity index (χ4v) is 5.20. The summed E-state index contributed by atoms with van der Waals surface area (Å²) in [5.41, 5.74) is 0.468. The maximum absolute atomic E-state index is 12.8. The maximum atomic E-state index is 12.8. The van der Waals surface area contributed by atoms with Crippen LogP contribution in [-0.2, 0) is 10.0 Å². The van der Waals surface area contributed by atoms with Gasteiger partial charge < -0.3 is 10.2 Å². The second-order valence-electron chi connectivity index (χ2n) is 6.73. The highest BCUT2D eigenvalue weighted by Crippen LogP contribution is 2.31. The first-order valence-electron chi connectivity index (χ1n) is 9.11. The number of benzene rings is 1. The highest BCUT2D eigenvalue weighted by atomic mass is 32.2. The van der Waals surface area contributed by atoms with Gasteiger partial charge in [-0.25, -0.2) is 12.7 Å². The Morgan fingerprint density at radius 2 is 1.92 bits per heavy atom. The monoisotopic (exact) mass is 379 g/mol. The van der Waals surface area contributed by atoms with E-state index in [1.165, 1.54) is 12.1 Å². The zero-order valence-corrected chi connectivity index (χ0v) is 16.0. The molecular weight excluding hydrogens is 354 g/mol. The average molecular weight is 379 g/mol. The van der Waals surface area contributed by atoms with E-state index in [1.54, 1.807) is 17.9 Å². The Morgan fingerprint density at radius 1 is 1.23 bits per heavy atom. The van der Waals surface area contributed by atoms with Crippen molar-refractivity contribution in [1.82, 2.24) is 14.5 Å². The number of likely N-dealkylation sites (tertiary alicyclic amines) is 1. The molecule has 1 aromatic rings.